The third-order valence-corrected chi connectivity index (χ3v) is 6.98. The van der Waals surface area contributed by atoms with E-state index in [-0.39, 0.29) is 6.17 Å². The summed E-state index contributed by atoms with van der Waals surface area (Å²) in [5.41, 5.74) is 3.47. The topological polar surface area (TPSA) is 59.3 Å². The van der Waals surface area contributed by atoms with E-state index in [9.17, 15) is 5.26 Å². The van der Waals surface area contributed by atoms with E-state index < -0.39 is 0 Å². The minimum absolute atomic E-state index is 0.188. The number of hydrogen-bond donors (Lipinski definition) is 0. The number of hydrogen-bond acceptors (Lipinski definition) is 6. The normalized spacial score (nSPS) is 22.4. The Hall–Kier alpha value is -2.72. The summed E-state index contributed by atoms with van der Waals surface area (Å²) in [6.07, 6.45) is 3.03. The molecule has 0 bridgehead atoms. The van der Waals surface area contributed by atoms with E-state index in [2.05, 4.69) is 43.7 Å². The van der Waals surface area contributed by atoms with Crippen molar-refractivity contribution in [2.45, 2.75) is 25.4 Å². The van der Waals surface area contributed by atoms with Crippen LogP contribution in [0.1, 0.15) is 19.4 Å². The average molecular weight is 448 g/mol. The predicted octanol–water partition coefficient (Wildman–Crippen LogP) is 3.59. The van der Waals surface area contributed by atoms with Crippen molar-refractivity contribution in [3.8, 4) is 6.07 Å². The van der Waals surface area contributed by atoms with Crippen LogP contribution in [0.2, 0.25) is 5.15 Å². The van der Waals surface area contributed by atoms with Crippen molar-refractivity contribution in [1.29, 1.82) is 5.26 Å². The molecule has 0 unspecified atom stereocenters. The maximum atomic E-state index is 9.51. The Morgan fingerprint density at radius 2 is 2.06 bits per heavy atom. The van der Waals surface area contributed by atoms with E-state index in [0.29, 0.717) is 28.3 Å². The van der Waals surface area contributed by atoms with Gasteiger partial charge >= 0.3 is 0 Å². The summed E-state index contributed by atoms with van der Waals surface area (Å²) >= 11 is 5.91. The summed E-state index contributed by atoms with van der Waals surface area (Å²) < 4.78 is 7.89. The minimum atomic E-state index is 0.188. The quantitative estimate of drug-likeness (QED) is 0.569. The summed E-state index contributed by atoms with van der Waals surface area (Å²) in [5.74, 6) is 0. The van der Waals surface area contributed by atoms with Crippen LogP contribution < -0.4 is 4.90 Å². The second-order valence-electron chi connectivity index (χ2n) is 8.77. The third-order valence-electron chi connectivity index (χ3n) is 6.76. The Balaban J connectivity index is 1.33. The highest BCUT2D eigenvalue weighted by Crippen LogP contribution is 2.31. The molecule has 3 aromatic rings. The maximum absolute atomic E-state index is 9.51. The zero-order chi connectivity index (χ0) is 22.9. The van der Waals surface area contributed by atoms with Gasteiger partial charge in [0, 0.05) is 74.8 Å². The SMILES string of the molecule is [2H]c1ccc2c(N3C[C@@H]4CN(CCc5ccc(Cl)nc5)CCN4[C@H](C)C3)ccc(C#N)c2n1. The van der Waals surface area contributed by atoms with Crippen LogP contribution in [-0.2, 0) is 6.42 Å². The van der Waals surface area contributed by atoms with Gasteiger partial charge in [-0.1, -0.05) is 17.7 Å². The summed E-state index contributed by atoms with van der Waals surface area (Å²) in [4.78, 5) is 16.2. The van der Waals surface area contributed by atoms with Gasteiger partial charge in [0.25, 0.3) is 0 Å². The van der Waals surface area contributed by atoms with Crippen LogP contribution in [-0.4, -0.2) is 71.1 Å². The summed E-state index contributed by atoms with van der Waals surface area (Å²) in [6.45, 7) is 8.39. The number of halogens is 1. The monoisotopic (exact) mass is 447 g/mol. The highest BCUT2D eigenvalue weighted by Gasteiger charge is 2.36. The van der Waals surface area contributed by atoms with Gasteiger partial charge in [-0.05, 0) is 49.2 Å². The lowest BCUT2D eigenvalue weighted by Gasteiger charge is -2.51. The zero-order valence-corrected chi connectivity index (χ0v) is 19.0. The highest BCUT2D eigenvalue weighted by atomic mass is 35.5. The molecule has 0 radical (unpaired) electrons. The van der Waals surface area contributed by atoms with Crippen LogP contribution in [0.25, 0.3) is 10.9 Å². The molecule has 0 amide bonds. The Morgan fingerprint density at radius 1 is 1.16 bits per heavy atom. The van der Waals surface area contributed by atoms with Crippen molar-refractivity contribution in [3.63, 3.8) is 0 Å². The van der Waals surface area contributed by atoms with Crippen LogP contribution in [0.3, 0.4) is 0 Å². The number of fused-ring (bicyclic) bond motifs is 2. The molecule has 0 saturated carbocycles. The van der Waals surface area contributed by atoms with Crippen LogP contribution >= 0.6 is 11.6 Å². The average Bonchev–Trinajstić information content (AvgIpc) is 2.82. The first-order valence-electron chi connectivity index (χ1n) is 11.7. The fraction of sp³-hybridized carbons (Fsp3) is 0.400. The lowest BCUT2D eigenvalue weighted by molar-refractivity contribution is 0.0356. The number of nitriles is 1. The van der Waals surface area contributed by atoms with Crippen LogP contribution in [0, 0.1) is 11.3 Å². The number of rotatable bonds is 4. The maximum Gasteiger partial charge on any atom is 0.129 e. The molecule has 32 heavy (non-hydrogen) atoms. The van der Waals surface area contributed by atoms with Crippen molar-refractivity contribution in [2.24, 2.45) is 0 Å². The standard InChI is InChI=1S/C25H27ClN6/c1-18-15-31(23-6-5-20(13-27)25-22(23)3-2-9-28-25)17-21-16-30(11-12-32(18)21)10-8-19-4-7-24(26)29-14-19/h2-7,9,14,18,21H,8,10-12,15-17H2,1H3/t18-,21+/m1/s1/i9D. The zero-order valence-electron chi connectivity index (χ0n) is 19.2. The second kappa shape index (κ2) is 9.03. The number of aromatic nitrogens is 2. The predicted molar refractivity (Wildman–Crippen MR) is 128 cm³/mol. The molecule has 7 heteroatoms. The van der Waals surface area contributed by atoms with Gasteiger partial charge in [0.05, 0.1) is 12.5 Å². The van der Waals surface area contributed by atoms with Crippen molar-refractivity contribution in [3.05, 3.63) is 65.0 Å². The number of piperazine rings is 2. The van der Waals surface area contributed by atoms with Gasteiger partial charge in [0.1, 0.15) is 11.2 Å². The Morgan fingerprint density at radius 3 is 2.88 bits per heavy atom. The molecule has 5 rings (SSSR count). The first kappa shape index (κ1) is 19.9. The molecule has 164 valence electrons. The molecule has 2 saturated heterocycles. The Kier molecular flexibility index (Phi) is 5.62. The van der Waals surface area contributed by atoms with Crippen molar-refractivity contribution in [1.82, 2.24) is 19.8 Å². The number of pyridine rings is 2. The van der Waals surface area contributed by atoms with E-state index in [1.165, 1.54) is 5.56 Å². The molecule has 1 aromatic carbocycles. The molecule has 2 aromatic heterocycles. The van der Waals surface area contributed by atoms with Gasteiger partial charge in [0.15, 0.2) is 0 Å². The van der Waals surface area contributed by atoms with E-state index in [1.807, 2.05) is 30.5 Å². The molecule has 2 fully saturated rings. The first-order chi connectivity index (χ1) is 16.0. The molecule has 6 nitrogen and oxygen atoms in total. The molecule has 4 heterocycles. The van der Waals surface area contributed by atoms with Crippen molar-refractivity contribution in [2.75, 3.05) is 44.2 Å². The fourth-order valence-corrected chi connectivity index (χ4v) is 5.25. The van der Waals surface area contributed by atoms with E-state index in [0.717, 1.165) is 56.8 Å². The van der Waals surface area contributed by atoms with E-state index in [1.54, 1.807) is 6.07 Å². The molecule has 0 aliphatic carbocycles. The van der Waals surface area contributed by atoms with Crippen LogP contribution in [0.15, 0.2) is 48.8 Å². The minimum Gasteiger partial charge on any atom is -0.368 e. The molecular formula is C25H27ClN6. The second-order valence-corrected chi connectivity index (χ2v) is 9.15. The van der Waals surface area contributed by atoms with Crippen LogP contribution in [0.4, 0.5) is 5.69 Å². The molecular weight excluding hydrogens is 420 g/mol. The largest absolute Gasteiger partial charge is 0.368 e. The Bertz CT molecular complexity index is 1190. The number of benzene rings is 1. The van der Waals surface area contributed by atoms with Gasteiger partial charge in [-0.2, -0.15) is 5.26 Å². The van der Waals surface area contributed by atoms with E-state index in [4.69, 9.17) is 13.0 Å². The van der Waals surface area contributed by atoms with Gasteiger partial charge in [-0.15, -0.1) is 0 Å². The number of nitrogens with zero attached hydrogens (tertiary/aromatic N) is 6. The lowest BCUT2D eigenvalue weighted by Crippen LogP contribution is -2.65. The molecule has 2 aliphatic heterocycles. The van der Waals surface area contributed by atoms with Crippen molar-refractivity contribution >= 4 is 28.2 Å². The summed E-state index contributed by atoms with van der Waals surface area (Å²) in [5, 5.41) is 11.0. The molecule has 2 atom stereocenters. The lowest BCUT2D eigenvalue weighted by atomic mass is 10.0. The van der Waals surface area contributed by atoms with Gasteiger partial charge in [-0.3, -0.25) is 9.88 Å². The molecule has 2 aliphatic rings. The van der Waals surface area contributed by atoms with Gasteiger partial charge in [-0.25, -0.2) is 4.98 Å². The molecule has 0 spiro atoms. The highest BCUT2D eigenvalue weighted by molar-refractivity contribution is 6.29. The van der Waals surface area contributed by atoms with Crippen LogP contribution in [0.5, 0.6) is 0 Å². The summed E-state index contributed by atoms with van der Waals surface area (Å²) in [6, 6.07) is 14.6. The fourth-order valence-electron chi connectivity index (χ4n) is 5.14. The smallest absolute Gasteiger partial charge is 0.129 e. The first-order valence-corrected chi connectivity index (χ1v) is 11.5. The third kappa shape index (κ3) is 4.16. The molecule has 0 N–H and O–H groups in total. The summed E-state index contributed by atoms with van der Waals surface area (Å²) in [7, 11) is 0. The number of anilines is 1. The van der Waals surface area contributed by atoms with E-state index >= 15 is 0 Å². The van der Waals surface area contributed by atoms with Crippen molar-refractivity contribution < 1.29 is 1.37 Å². The van der Waals surface area contributed by atoms with Gasteiger partial charge in [0.2, 0.25) is 0 Å². The van der Waals surface area contributed by atoms with Gasteiger partial charge < -0.3 is 9.80 Å². The Labute approximate surface area is 195 Å².